The fourth-order valence-electron chi connectivity index (χ4n) is 0. The van der Waals surface area contributed by atoms with Gasteiger partial charge < -0.3 is 33.8 Å². The SMILES string of the molecule is N.[CH2-]C.[CH2-]C.[CH2-]C.[CH2-]C.[Ti+4]. The van der Waals surface area contributed by atoms with Crippen molar-refractivity contribution in [3.63, 3.8) is 0 Å². The van der Waals surface area contributed by atoms with Crippen molar-refractivity contribution in [2.24, 2.45) is 0 Å². The molecule has 0 atom stereocenters. The minimum absolute atomic E-state index is 0. The Morgan fingerprint density at radius 1 is 0.500 bits per heavy atom. The van der Waals surface area contributed by atoms with Gasteiger partial charge in [0.2, 0.25) is 0 Å². The van der Waals surface area contributed by atoms with Crippen molar-refractivity contribution in [2.75, 3.05) is 0 Å². The normalized spacial score (nSPS) is 2.40. The Hall–Kier alpha value is 0.674. The van der Waals surface area contributed by atoms with Crippen molar-refractivity contribution in [3.05, 3.63) is 27.7 Å². The predicted octanol–water partition coefficient (Wildman–Crippen LogP) is 3.52. The molecule has 0 radical (unpaired) electrons. The summed E-state index contributed by atoms with van der Waals surface area (Å²) in [5.41, 5.74) is 0. The van der Waals surface area contributed by atoms with Gasteiger partial charge in [-0.3, -0.25) is 0 Å². The van der Waals surface area contributed by atoms with Crippen LogP contribution in [0.2, 0.25) is 0 Å². The quantitative estimate of drug-likeness (QED) is 0.450. The Labute approximate surface area is 83.5 Å². The Kier molecular flexibility index (Phi) is 7320. The van der Waals surface area contributed by atoms with E-state index in [0.29, 0.717) is 0 Å². The van der Waals surface area contributed by atoms with Crippen molar-refractivity contribution in [1.82, 2.24) is 6.15 Å². The molecule has 0 spiro atoms. The van der Waals surface area contributed by atoms with Gasteiger partial charge in [0.1, 0.15) is 0 Å². The van der Waals surface area contributed by atoms with Crippen molar-refractivity contribution in [3.8, 4) is 0 Å². The van der Waals surface area contributed by atoms with E-state index in [1.54, 1.807) is 27.7 Å². The van der Waals surface area contributed by atoms with Crippen LogP contribution in [0.25, 0.3) is 0 Å². The molecule has 0 heterocycles. The Morgan fingerprint density at radius 3 is 0.500 bits per heavy atom. The van der Waals surface area contributed by atoms with Crippen LogP contribution in [0.1, 0.15) is 27.7 Å². The third-order valence-corrected chi connectivity index (χ3v) is 0. The van der Waals surface area contributed by atoms with Gasteiger partial charge in [0.25, 0.3) is 0 Å². The molecule has 0 bridgehead atoms. The summed E-state index contributed by atoms with van der Waals surface area (Å²) in [6, 6.07) is 0. The van der Waals surface area contributed by atoms with Crippen LogP contribution in [0.15, 0.2) is 0 Å². The molecular weight excluding hydrogens is 158 g/mol. The van der Waals surface area contributed by atoms with Crippen LogP contribution in [0.3, 0.4) is 0 Å². The van der Waals surface area contributed by atoms with E-state index in [2.05, 4.69) is 27.7 Å². The maximum atomic E-state index is 3.25. The molecule has 0 aliphatic carbocycles. The molecule has 64 valence electrons. The van der Waals surface area contributed by atoms with Crippen molar-refractivity contribution < 1.29 is 21.7 Å². The summed E-state index contributed by atoms with van der Waals surface area (Å²) >= 11 is 0. The number of hydrogen-bond donors (Lipinski definition) is 1. The zero-order chi connectivity index (χ0) is 8.00. The van der Waals surface area contributed by atoms with Crippen LogP contribution in [-0.4, -0.2) is 0 Å². The molecule has 0 aliphatic heterocycles. The van der Waals surface area contributed by atoms with E-state index in [0.717, 1.165) is 0 Å². The first kappa shape index (κ1) is 45.7. The monoisotopic (exact) mass is 181 g/mol. The largest absolute Gasteiger partial charge is 4.00 e. The molecule has 0 saturated heterocycles. The summed E-state index contributed by atoms with van der Waals surface area (Å²) in [4.78, 5) is 0. The first-order valence-electron chi connectivity index (χ1n) is 2.83. The average Bonchev–Trinajstić information content (AvgIpc) is 2.03. The molecule has 2 heteroatoms. The van der Waals surface area contributed by atoms with Crippen LogP contribution in [0.4, 0.5) is 0 Å². The molecule has 10 heavy (non-hydrogen) atoms. The van der Waals surface area contributed by atoms with Crippen LogP contribution in [0, 0.1) is 27.7 Å². The zero-order valence-electron chi connectivity index (χ0n) is 8.04. The van der Waals surface area contributed by atoms with E-state index in [4.69, 9.17) is 0 Å². The summed E-state index contributed by atoms with van der Waals surface area (Å²) < 4.78 is 0. The fraction of sp³-hybridized carbons (Fsp3) is 0.500. The Balaban J connectivity index is -0.00000000500. The minimum Gasteiger partial charge on any atom is -0.346 e. The third-order valence-electron chi connectivity index (χ3n) is 0. The Bertz CT molecular complexity index is 9.22. The van der Waals surface area contributed by atoms with Crippen molar-refractivity contribution in [2.45, 2.75) is 27.7 Å². The summed E-state index contributed by atoms with van der Waals surface area (Å²) in [6.45, 7) is 20.0. The zero-order valence-corrected chi connectivity index (χ0v) is 9.60. The van der Waals surface area contributed by atoms with Gasteiger partial charge in [0.15, 0.2) is 0 Å². The van der Waals surface area contributed by atoms with Gasteiger partial charge in [-0.05, 0) is 0 Å². The van der Waals surface area contributed by atoms with Gasteiger partial charge in [0, 0.05) is 0 Å². The van der Waals surface area contributed by atoms with E-state index in [-0.39, 0.29) is 27.9 Å². The maximum Gasteiger partial charge on any atom is 4.00 e. The second-order valence-electron chi connectivity index (χ2n) is 0. The summed E-state index contributed by atoms with van der Waals surface area (Å²) in [5, 5.41) is 0. The molecule has 0 aromatic carbocycles. The maximum absolute atomic E-state index is 3.25. The van der Waals surface area contributed by atoms with Crippen LogP contribution in [-0.2, 0) is 21.7 Å². The topological polar surface area (TPSA) is 35.0 Å². The molecule has 0 rings (SSSR count). The van der Waals surface area contributed by atoms with E-state index in [9.17, 15) is 0 Å². The van der Waals surface area contributed by atoms with Gasteiger partial charge in [-0.25, -0.2) is 0 Å². The third kappa shape index (κ3) is 1120. The molecule has 0 unspecified atom stereocenters. The van der Waals surface area contributed by atoms with E-state index < -0.39 is 0 Å². The van der Waals surface area contributed by atoms with Crippen molar-refractivity contribution in [1.29, 1.82) is 0 Å². The Morgan fingerprint density at radius 2 is 0.500 bits per heavy atom. The van der Waals surface area contributed by atoms with Crippen LogP contribution in [0.5, 0.6) is 0 Å². The van der Waals surface area contributed by atoms with E-state index >= 15 is 0 Å². The standard InChI is InChI=1S/4C2H5.H3N.Ti/c4*1-2;;/h4*1H2,2H3;1H3;/q4*-1;;+4. The molecule has 0 amide bonds. The fourth-order valence-corrected chi connectivity index (χ4v) is 0. The molecule has 3 N–H and O–H groups in total. The van der Waals surface area contributed by atoms with Gasteiger partial charge in [-0.2, -0.15) is 27.7 Å². The molecule has 1 nitrogen and oxygen atoms in total. The van der Waals surface area contributed by atoms with Gasteiger partial charge in [-0.1, -0.05) is 0 Å². The summed E-state index contributed by atoms with van der Waals surface area (Å²) in [6.07, 6.45) is 0. The molecule has 0 fully saturated rings. The van der Waals surface area contributed by atoms with E-state index in [1.807, 2.05) is 0 Å². The van der Waals surface area contributed by atoms with Gasteiger partial charge in [0.05, 0.1) is 0 Å². The molecule has 0 saturated carbocycles. The second kappa shape index (κ2) is 1600. The first-order valence-corrected chi connectivity index (χ1v) is 2.83. The predicted molar refractivity (Wildman–Crippen MR) is 49.1 cm³/mol. The average molecular weight is 181 g/mol. The smallest absolute Gasteiger partial charge is 0.346 e. The van der Waals surface area contributed by atoms with Gasteiger partial charge in [-0.15, -0.1) is 0 Å². The van der Waals surface area contributed by atoms with Crippen LogP contribution < -0.4 is 6.15 Å². The molecule has 0 aromatic heterocycles. The molecule has 0 aliphatic rings. The number of rotatable bonds is 0. The minimum atomic E-state index is 0. The molecule has 0 aromatic rings. The summed E-state index contributed by atoms with van der Waals surface area (Å²) in [7, 11) is 0. The first-order chi connectivity index (χ1) is 4.00. The molecular formula is C8H23NTi. The summed E-state index contributed by atoms with van der Waals surface area (Å²) in [5.74, 6) is 0. The van der Waals surface area contributed by atoms with Gasteiger partial charge >= 0.3 is 21.7 Å². The second-order valence-corrected chi connectivity index (χ2v) is 0. The number of hydrogen-bond acceptors (Lipinski definition) is 1. The van der Waals surface area contributed by atoms with Crippen molar-refractivity contribution >= 4 is 0 Å². The van der Waals surface area contributed by atoms with E-state index in [1.165, 1.54) is 0 Å². The van der Waals surface area contributed by atoms with Crippen LogP contribution >= 0.6 is 0 Å².